The first-order valence-corrected chi connectivity index (χ1v) is 6.78. The van der Waals surface area contributed by atoms with E-state index in [1.807, 2.05) is 0 Å². The molecule has 1 aliphatic carbocycles. The van der Waals surface area contributed by atoms with Gasteiger partial charge in [0.25, 0.3) is 5.88 Å². The summed E-state index contributed by atoms with van der Waals surface area (Å²) in [6.07, 6.45) is 5.89. The van der Waals surface area contributed by atoms with E-state index in [1.165, 1.54) is 11.8 Å². The average Bonchev–Trinajstić information content (AvgIpc) is 2.41. The number of carbonyl (C=O) groups is 1. The SMILES string of the molecule is CC(C)C1=CCC(Oc2ncc(C(N)=O)cc2F)CC1. The fourth-order valence-electron chi connectivity index (χ4n) is 2.27. The fraction of sp³-hybridized carbons (Fsp3) is 0.467. The van der Waals surface area contributed by atoms with Gasteiger partial charge in [0.15, 0.2) is 5.82 Å². The Kier molecular flexibility index (Phi) is 4.37. The minimum atomic E-state index is -0.704. The first-order chi connectivity index (χ1) is 9.47. The highest BCUT2D eigenvalue weighted by molar-refractivity contribution is 5.92. The summed E-state index contributed by atoms with van der Waals surface area (Å²) in [7, 11) is 0. The minimum Gasteiger partial charge on any atom is -0.472 e. The van der Waals surface area contributed by atoms with Gasteiger partial charge in [-0.1, -0.05) is 25.5 Å². The van der Waals surface area contributed by atoms with Crippen LogP contribution in [0.5, 0.6) is 5.88 Å². The number of carbonyl (C=O) groups excluding carboxylic acids is 1. The zero-order valence-corrected chi connectivity index (χ0v) is 11.7. The van der Waals surface area contributed by atoms with Gasteiger partial charge in [0.1, 0.15) is 6.10 Å². The number of rotatable bonds is 4. The van der Waals surface area contributed by atoms with Crippen LogP contribution in [0.2, 0.25) is 0 Å². The van der Waals surface area contributed by atoms with E-state index in [1.54, 1.807) is 0 Å². The maximum atomic E-state index is 13.8. The third-order valence-corrected chi connectivity index (χ3v) is 3.51. The number of hydrogen-bond donors (Lipinski definition) is 1. The van der Waals surface area contributed by atoms with Crippen LogP contribution in [0.3, 0.4) is 0 Å². The van der Waals surface area contributed by atoms with Crippen molar-refractivity contribution in [1.82, 2.24) is 4.98 Å². The Bertz CT molecular complexity index is 541. The van der Waals surface area contributed by atoms with Crippen LogP contribution in [0, 0.1) is 11.7 Å². The van der Waals surface area contributed by atoms with Gasteiger partial charge in [0.05, 0.1) is 5.56 Å². The fourth-order valence-corrected chi connectivity index (χ4v) is 2.27. The third kappa shape index (κ3) is 3.35. The topological polar surface area (TPSA) is 65.2 Å². The van der Waals surface area contributed by atoms with Gasteiger partial charge >= 0.3 is 0 Å². The lowest BCUT2D eigenvalue weighted by atomic mass is 9.90. The molecule has 0 spiro atoms. The van der Waals surface area contributed by atoms with Crippen LogP contribution in [-0.4, -0.2) is 17.0 Å². The highest BCUT2D eigenvalue weighted by Crippen LogP contribution is 2.27. The molecule has 1 heterocycles. The van der Waals surface area contributed by atoms with Crippen LogP contribution in [0.15, 0.2) is 23.9 Å². The van der Waals surface area contributed by atoms with E-state index in [0.717, 1.165) is 25.3 Å². The average molecular weight is 278 g/mol. The van der Waals surface area contributed by atoms with Gasteiger partial charge in [-0.05, 0) is 24.8 Å². The van der Waals surface area contributed by atoms with E-state index in [2.05, 4.69) is 24.9 Å². The number of pyridine rings is 1. The number of aromatic nitrogens is 1. The molecule has 1 unspecified atom stereocenters. The second-order valence-electron chi connectivity index (χ2n) is 5.32. The molecule has 1 aliphatic rings. The molecule has 0 bridgehead atoms. The Morgan fingerprint density at radius 1 is 1.55 bits per heavy atom. The summed E-state index contributed by atoms with van der Waals surface area (Å²) in [5, 5.41) is 0. The molecular weight excluding hydrogens is 259 g/mol. The van der Waals surface area contributed by atoms with Gasteiger partial charge < -0.3 is 10.5 Å². The molecule has 20 heavy (non-hydrogen) atoms. The van der Waals surface area contributed by atoms with Crippen molar-refractivity contribution in [3.05, 3.63) is 35.3 Å². The molecule has 0 saturated heterocycles. The van der Waals surface area contributed by atoms with Gasteiger partial charge in [0.2, 0.25) is 5.91 Å². The van der Waals surface area contributed by atoms with E-state index in [-0.39, 0.29) is 17.5 Å². The molecule has 0 aromatic carbocycles. The number of halogens is 1. The Labute approximate surface area is 117 Å². The van der Waals surface area contributed by atoms with Crippen molar-refractivity contribution < 1.29 is 13.9 Å². The van der Waals surface area contributed by atoms with Gasteiger partial charge in [0, 0.05) is 12.6 Å². The predicted octanol–water partition coefficient (Wildman–Crippen LogP) is 2.83. The highest BCUT2D eigenvalue weighted by atomic mass is 19.1. The summed E-state index contributed by atoms with van der Waals surface area (Å²) in [6.45, 7) is 4.33. The van der Waals surface area contributed by atoms with Gasteiger partial charge in [-0.15, -0.1) is 0 Å². The summed E-state index contributed by atoms with van der Waals surface area (Å²) >= 11 is 0. The van der Waals surface area contributed by atoms with Crippen molar-refractivity contribution in [3.8, 4) is 5.88 Å². The van der Waals surface area contributed by atoms with Crippen LogP contribution in [0.25, 0.3) is 0 Å². The Balaban J connectivity index is 2.03. The molecule has 1 aromatic rings. The summed E-state index contributed by atoms with van der Waals surface area (Å²) in [6, 6.07) is 1.06. The van der Waals surface area contributed by atoms with E-state index >= 15 is 0 Å². The first kappa shape index (κ1) is 14.5. The smallest absolute Gasteiger partial charge is 0.250 e. The largest absolute Gasteiger partial charge is 0.472 e. The number of hydrogen-bond acceptors (Lipinski definition) is 3. The summed E-state index contributed by atoms with van der Waals surface area (Å²) < 4.78 is 19.3. The number of nitrogens with zero attached hydrogens (tertiary/aromatic N) is 1. The van der Waals surface area contributed by atoms with Crippen LogP contribution >= 0.6 is 0 Å². The van der Waals surface area contributed by atoms with Crippen molar-refractivity contribution in [1.29, 1.82) is 0 Å². The van der Waals surface area contributed by atoms with E-state index in [4.69, 9.17) is 10.5 Å². The summed E-state index contributed by atoms with van der Waals surface area (Å²) in [5.74, 6) is -0.882. The zero-order chi connectivity index (χ0) is 14.7. The van der Waals surface area contributed by atoms with Gasteiger partial charge in [-0.25, -0.2) is 9.37 Å². The molecular formula is C15H19FN2O2. The van der Waals surface area contributed by atoms with Crippen molar-refractivity contribution >= 4 is 5.91 Å². The van der Waals surface area contributed by atoms with Crippen LogP contribution in [-0.2, 0) is 0 Å². The number of nitrogens with two attached hydrogens (primary N) is 1. The lowest BCUT2D eigenvalue weighted by Crippen LogP contribution is -2.21. The lowest BCUT2D eigenvalue weighted by Gasteiger charge is -2.24. The lowest BCUT2D eigenvalue weighted by molar-refractivity contribution is 0.0999. The van der Waals surface area contributed by atoms with Crippen LogP contribution in [0.1, 0.15) is 43.5 Å². The molecule has 5 heteroatoms. The van der Waals surface area contributed by atoms with E-state index < -0.39 is 11.7 Å². The normalized spacial score (nSPS) is 18.8. The monoisotopic (exact) mass is 278 g/mol. The standard InChI is InChI=1S/C15H19FN2O2/c1-9(2)10-3-5-12(6-4-10)20-15-13(16)7-11(8-18-15)14(17)19/h3,7-9,12H,4-6H2,1-2H3,(H2,17,19). The minimum absolute atomic E-state index is 0.0421. The number of amides is 1. The highest BCUT2D eigenvalue weighted by Gasteiger charge is 2.20. The molecule has 0 radical (unpaired) electrons. The predicted molar refractivity (Wildman–Crippen MR) is 73.9 cm³/mol. The number of allylic oxidation sites excluding steroid dienone is 1. The second kappa shape index (κ2) is 6.03. The zero-order valence-electron chi connectivity index (χ0n) is 11.7. The third-order valence-electron chi connectivity index (χ3n) is 3.51. The molecule has 0 saturated carbocycles. The molecule has 0 aliphatic heterocycles. The quantitative estimate of drug-likeness (QED) is 0.861. The molecule has 2 rings (SSSR count). The Morgan fingerprint density at radius 2 is 2.30 bits per heavy atom. The first-order valence-electron chi connectivity index (χ1n) is 6.78. The summed E-state index contributed by atoms with van der Waals surface area (Å²) in [5.41, 5.74) is 6.53. The maximum absolute atomic E-state index is 13.8. The Morgan fingerprint density at radius 3 is 2.80 bits per heavy atom. The van der Waals surface area contributed by atoms with Crippen LogP contribution in [0.4, 0.5) is 4.39 Å². The maximum Gasteiger partial charge on any atom is 0.250 e. The van der Waals surface area contributed by atoms with Crippen molar-refractivity contribution in [2.24, 2.45) is 11.7 Å². The molecule has 1 atom stereocenters. The molecule has 108 valence electrons. The Hall–Kier alpha value is -1.91. The second-order valence-corrected chi connectivity index (χ2v) is 5.32. The van der Waals surface area contributed by atoms with Crippen molar-refractivity contribution in [2.45, 2.75) is 39.2 Å². The molecule has 1 aromatic heterocycles. The van der Waals surface area contributed by atoms with Gasteiger partial charge in [-0.3, -0.25) is 4.79 Å². The van der Waals surface area contributed by atoms with E-state index in [0.29, 0.717) is 5.92 Å². The summed E-state index contributed by atoms with van der Waals surface area (Å²) in [4.78, 5) is 14.8. The number of primary amides is 1. The molecule has 2 N–H and O–H groups in total. The van der Waals surface area contributed by atoms with E-state index in [9.17, 15) is 9.18 Å². The number of ether oxygens (including phenoxy) is 1. The van der Waals surface area contributed by atoms with Crippen LogP contribution < -0.4 is 10.5 Å². The van der Waals surface area contributed by atoms with Crippen molar-refractivity contribution in [2.75, 3.05) is 0 Å². The molecule has 0 fully saturated rings. The van der Waals surface area contributed by atoms with Gasteiger partial charge in [-0.2, -0.15) is 0 Å². The van der Waals surface area contributed by atoms with Crippen molar-refractivity contribution in [3.63, 3.8) is 0 Å². The molecule has 1 amide bonds. The molecule has 4 nitrogen and oxygen atoms in total.